The Morgan fingerprint density at radius 3 is 2.77 bits per heavy atom. The minimum Gasteiger partial charge on any atom is -0.467 e. The smallest absolute Gasteiger partial charge is 0.228 e. The van der Waals surface area contributed by atoms with Crippen molar-refractivity contribution in [2.45, 2.75) is 30.3 Å². The minimum absolute atomic E-state index is 0.247. The normalized spacial score (nSPS) is 14.3. The number of rotatable bonds is 6. The second kappa shape index (κ2) is 7.84. The molecule has 0 spiro atoms. The predicted octanol–water partition coefficient (Wildman–Crippen LogP) is 4.71. The van der Waals surface area contributed by atoms with Crippen molar-refractivity contribution in [1.82, 2.24) is 14.8 Å². The largest absolute Gasteiger partial charge is 0.467 e. The monoisotopic (exact) mass is 436 g/mol. The first-order valence-corrected chi connectivity index (χ1v) is 10.3. The van der Waals surface area contributed by atoms with Gasteiger partial charge in [-0.15, -0.1) is 10.2 Å². The van der Waals surface area contributed by atoms with Crippen LogP contribution in [0.3, 0.4) is 0 Å². The average Bonchev–Trinajstić information content (AvgIpc) is 3.36. The van der Waals surface area contributed by atoms with Crippen LogP contribution >= 0.6 is 27.7 Å². The molecule has 0 saturated carbocycles. The van der Waals surface area contributed by atoms with Gasteiger partial charge in [0.15, 0.2) is 5.16 Å². The Labute approximate surface area is 163 Å². The van der Waals surface area contributed by atoms with Gasteiger partial charge in [0.05, 0.1) is 12.8 Å². The standard InChI is InChI=1S/C18H18BrFN4OS/c19-16-10-14(20)6-5-13(16)12-26-18-22-21-17(23-7-1-2-8-23)24(18)11-15-4-3-9-25-15/h3-6,9-10H,1-2,7-8,11-12H2. The maximum atomic E-state index is 13.3. The van der Waals surface area contributed by atoms with Crippen LogP contribution in [0.1, 0.15) is 24.2 Å². The van der Waals surface area contributed by atoms with E-state index < -0.39 is 0 Å². The van der Waals surface area contributed by atoms with E-state index in [0.29, 0.717) is 12.3 Å². The molecule has 0 radical (unpaired) electrons. The van der Waals surface area contributed by atoms with Gasteiger partial charge in [0.25, 0.3) is 0 Å². The first-order valence-electron chi connectivity index (χ1n) is 8.48. The molecule has 1 aromatic carbocycles. The molecule has 0 amide bonds. The van der Waals surface area contributed by atoms with E-state index in [4.69, 9.17) is 4.42 Å². The van der Waals surface area contributed by atoms with Crippen LogP contribution in [0.15, 0.2) is 50.6 Å². The number of hydrogen-bond acceptors (Lipinski definition) is 5. The molecule has 8 heteroatoms. The summed E-state index contributed by atoms with van der Waals surface area (Å²) < 4.78 is 21.7. The Bertz CT molecular complexity index is 877. The highest BCUT2D eigenvalue weighted by molar-refractivity contribution is 9.10. The van der Waals surface area contributed by atoms with Crippen LogP contribution in [0, 0.1) is 5.82 Å². The van der Waals surface area contributed by atoms with Gasteiger partial charge in [-0.3, -0.25) is 4.57 Å². The van der Waals surface area contributed by atoms with Gasteiger partial charge >= 0.3 is 0 Å². The van der Waals surface area contributed by atoms with Gasteiger partial charge in [-0.2, -0.15) is 0 Å². The Morgan fingerprint density at radius 2 is 2.04 bits per heavy atom. The lowest BCUT2D eigenvalue weighted by molar-refractivity contribution is 0.483. The molecule has 1 aliphatic heterocycles. The van der Waals surface area contributed by atoms with Gasteiger partial charge < -0.3 is 9.32 Å². The van der Waals surface area contributed by atoms with Gasteiger partial charge in [0.1, 0.15) is 11.6 Å². The van der Waals surface area contributed by atoms with E-state index in [1.54, 1.807) is 24.1 Å². The fraction of sp³-hybridized carbons (Fsp3) is 0.333. The van der Waals surface area contributed by atoms with E-state index >= 15 is 0 Å². The van der Waals surface area contributed by atoms with Crippen LogP contribution in [0.2, 0.25) is 0 Å². The topological polar surface area (TPSA) is 47.1 Å². The lowest BCUT2D eigenvalue weighted by Gasteiger charge is -2.17. The highest BCUT2D eigenvalue weighted by Crippen LogP contribution is 2.30. The summed E-state index contributed by atoms with van der Waals surface area (Å²) in [5.41, 5.74) is 1.02. The van der Waals surface area contributed by atoms with E-state index in [1.807, 2.05) is 12.1 Å². The third kappa shape index (κ3) is 3.81. The van der Waals surface area contributed by atoms with Gasteiger partial charge in [0.2, 0.25) is 5.95 Å². The molecule has 0 atom stereocenters. The first-order chi connectivity index (χ1) is 12.7. The fourth-order valence-corrected chi connectivity index (χ4v) is 4.63. The van der Waals surface area contributed by atoms with Crippen LogP contribution in [-0.2, 0) is 12.3 Å². The second-order valence-electron chi connectivity index (χ2n) is 6.17. The van der Waals surface area contributed by atoms with Crippen LogP contribution in [0.25, 0.3) is 0 Å². The van der Waals surface area contributed by atoms with E-state index in [9.17, 15) is 4.39 Å². The first kappa shape index (κ1) is 17.6. The molecule has 0 unspecified atom stereocenters. The summed E-state index contributed by atoms with van der Waals surface area (Å²) >= 11 is 5.02. The summed E-state index contributed by atoms with van der Waals surface area (Å²) in [6.07, 6.45) is 4.04. The summed E-state index contributed by atoms with van der Waals surface area (Å²) in [5.74, 6) is 2.19. The lowest BCUT2D eigenvalue weighted by Crippen LogP contribution is -2.22. The molecule has 26 heavy (non-hydrogen) atoms. The molecule has 3 aromatic rings. The summed E-state index contributed by atoms with van der Waals surface area (Å²) in [6.45, 7) is 2.60. The Balaban J connectivity index is 1.58. The quantitative estimate of drug-likeness (QED) is 0.523. The predicted molar refractivity (Wildman–Crippen MR) is 103 cm³/mol. The van der Waals surface area contributed by atoms with Gasteiger partial charge in [-0.05, 0) is 42.7 Å². The highest BCUT2D eigenvalue weighted by atomic mass is 79.9. The van der Waals surface area contributed by atoms with Crippen molar-refractivity contribution in [3.63, 3.8) is 0 Å². The second-order valence-corrected chi connectivity index (χ2v) is 7.96. The number of benzene rings is 1. The van der Waals surface area contributed by atoms with Crippen molar-refractivity contribution in [1.29, 1.82) is 0 Å². The zero-order chi connectivity index (χ0) is 17.9. The van der Waals surface area contributed by atoms with E-state index in [0.717, 1.165) is 40.0 Å². The summed E-state index contributed by atoms with van der Waals surface area (Å²) in [5, 5.41) is 9.67. The number of halogens is 2. The molecule has 0 N–H and O–H groups in total. The molecule has 2 aromatic heterocycles. The molecule has 1 saturated heterocycles. The molecular weight excluding hydrogens is 419 g/mol. The molecule has 0 aliphatic carbocycles. The number of furan rings is 1. The zero-order valence-electron chi connectivity index (χ0n) is 14.1. The Kier molecular flexibility index (Phi) is 5.31. The molecule has 0 bridgehead atoms. The number of thioether (sulfide) groups is 1. The van der Waals surface area contributed by atoms with Crippen LogP contribution in [0.5, 0.6) is 0 Å². The lowest BCUT2D eigenvalue weighted by atomic mass is 10.2. The van der Waals surface area contributed by atoms with Crippen LogP contribution in [-0.4, -0.2) is 27.9 Å². The third-order valence-electron chi connectivity index (χ3n) is 4.35. The molecule has 1 fully saturated rings. The SMILES string of the molecule is Fc1ccc(CSc2nnc(N3CCCC3)n2Cc2ccco2)c(Br)c1. The number of hydrogen-bond donors (Lipinski definition) is 0. The molecule has 136 valence electrons. The average molecular weight is 437 g/mol. The molecular formula is C18H18BrFN4OS. The third-order valence-corrected chi connectivity index (χ3v) is 6.11. The fourth-order valence-electron chi connectivity index (χ4n) is 3.02. The summed E-state index contributed by atoms with van der Waals surface area (Å²) in [4.78, 5) is 2.27. The highest BCUT2D eigenvalue weighted by Gasteiger charge is 2.22. The van der Waals surface area contributed by atoms with Crippen LogP contribution in [0.4, 0.5) is 10.3 Å². The van der Waals surface area contributed by atoms with Gasteiger partial charge in [-0.25, -0.2) is 4.39 Å². The van der Waals surface area contributed by atoms with Crippen molar-refractivity contribution in [2.75, 3.05) is 18.0 Å². The van der Waals surface area contributed by atoms with Crippen molar-refractivity contribution < 1.29 is 8.81 Å². The van der Waals surface area contributed by atoms with Crippen molar-refractivity contribution >= 4 is 33.6 Å². The van der Waals surface area contributed by atoms with E-state index in [2.05, 4.69) is 35.6 Å². The van der Waals surface area contributed by atoms with Crippen molar-refractivity contribution in [3.05, 3.63) is 58.2 Å². The molecule has 4 rings (SSSR count). The Morgan fingerprint density at radius 1 is 1.19 bits per heavy atom. The van der Waals surface area contributed by atoms with Crippen molar-refractivity contribution in [2.24, 2.45) is 0 Å². The van der Waals surface area contributed by atoms with Crippen LogP contribution < -0.4 is 4.90 Å². The van der Waals surface area contributed by atoms with Crippen molar-refractivity contribution in [3.8, 4) is 0 Å². The zero-order valence-corrected chi connectivity index (χ0v) is 16.5. The molecule has 1 aliphatic rings. The van der Waals surface area contributed by atoms with E-state index in [1.165, 1.54) is 25.0 Å². The van der Waals surface area contributed by atoms with E-state index in [-0.39, 0.29) is 5.82 Å². The molecule has 3 heterocycles. The Hall–Kier alpha value is -1.80. The van der Waals surface area contributed by atoms with Gasteiger partial charge in [-0.1, -0.05) is 33.8 Å². The maximum absolute atomic E-state index is 13.3. The number of anilines is 1. The number of nitrogens with zero attached hydrogens (tertiary/aromatic N) is 4. The maximum Gasteiger partial charge on any atom is 0.228 e. The number of aromatic nitrogens is 3. The van der Waals surface area contributed by atoms with Gasteiger partial charge in [0, 0.05) is 23.3 Å². The summed E-state index contributed by atoms with van der Waals surface area (Å²) in [7, 11) is 0. The summed E-state index contributed by atoms with van der Waals surface area (Å²) in [6, 6.07) is 8.60. The molecule has 5 nitrogen and oxygen atoms in total. The minimum atomic E-state index is -0.247.